The second kappa shape index (κ2) is 7.96. The van der Waals surface area contributed by atoms with Gasteiger partial charge in [0.15, 0.2) is 0 Å². The van der Waals surface area contributed by atoms with Crippen LogP contribution in [0.25, 0.3) is 0 Å². The highest BCUT2D eigenvalue weighted by Crippen LogP contribution is 2.22. The van der Waals surface area contributed by atoms with Crippen LogP contribution in [0.5, 0.6) is 0 Å². The summed E-state index contributed by atoms with van der Waals surface area (Å²) in [6.07, 6.45) is 1.50. The molecule has 0 aliphatic carbocycles. The van der Waals surface area contributed by atoms with Gasteiger partial charge >= 0.3 is 6.03 Å². The van der Waals surface area contributed by atoms with E-state index in [0.29, 0.717) is 11.4 Å². The number of hydrogen-bond acceptors (Lipinski definition) is 4. The SMILES string of the molecule is NC(=O)Nc1cccc(NC(=O)c2cccnc2Nc2ccccc2F)c1. The molecule has 0 aliphatic rings. The van der Waals surface area contributed by atoms with Crippen LogP contribution in [0.1, 0.15) is 10.4 Å². The number of nitrogens with one attached hydrogen (secondary N) is 3. The van der Waals surface area contributed by atoms with Gasteiger partial charge in [0.05, 0.1) is 11.3 Å². The van der Waals surface area contributed by atoms with Crippen molar-refractivity contribution in [2.75, 3.05) is 16.0 Å². The van der Waals surface area contributed by atoms with Crippen molar-refractivity contribution in [3.63, 3.8) is 0 Å². The fourth-order valence-electron chi connectivity index (χ4n) is 2.39. The number of benzene rings is 2. The molecule has 3 aromatic rings. The molecule has 1 aromatic heterocycles. The van der Waals surface area contributed by atoms with Crippen molar-refractivity contribution in [2.45, 2.75) is 0 Å². The molecular formula is C19H16FN5O2. The second-order valence-corrected chi connectivity index (χ2v) is 5.53. The number of halogens is 1. The monoisotopic (exact) mass is 365 g/mol. The van der Waals surface area contributed by atoms with Gasteiger partial charge in [-0.2, -0.15) is 0 Å². The molecule has 136 valence electrons. The number of carbonyl (C=O) groups excluding carboxylic acids is 2. The van der Waals surface area contributed by atoms with Crippen LogP contribution < -0.4 is 21.7 Å². The van der Waals surface area contributed by atoms with E-state index in [1.807, 2.05) is 0 Å². The number of nitrogens with two attached hydrogens (primary N) is 1. The Morgan fingerprint density at radius 2 is 1.67 bits per heavy atom. The third kappa shape index (κ3) is 4.57. The molecule has 0 saturated heterocycles. The lowest BCUT2D eigenvalue weighted by atomic mass is 10.2. The molecule has 0 unspecified atom stereocenters. The number of aromatic nitrogens is 1. The Hall–Kier alpha value is -3.94. The maximum Gasteiger partial charge on any atom is 0.316 e. The fraction of sp³-hybridized carbons (Fsp3) is 0. The van der Waals surface area contributed by atoms with Crippen LogP contribution in [0.4, 0.5) is 32.1 Å². The largest absolute Gasteiger partial charge is 0.351 e. The van der Waals surface area contributed by atoms with E-state index in [1.165, 1.54) is 12.3 Å². The number of carbonyl (C=O) groups is 2. The number of rotatable bonds is 5. The van der Waals surface area contributed by atoms with Gasteiger partial charge < -0.3 is 21.7 Å². The van der Waals surface area contributed by atoms with Gasteiger partial charge in [-0.1, -0.05) is 18.2 Å². The van der Waals surface area contributed by atoms with Gasteiger partial charge in [-0.25, -0.2) is 14.2 Å². The molecule has 3 amide bonds. The molecule has 0 aliphatic heterocycles. The van der Waals surface area contributed by atoms with Crippen molar-refractivity contribution in [3.05, 3.63) is 78.2 Å². The van der Waals surface area contributed by atoms with Crippen molar-refractivity contribution in [1.82, 2.24) is 4.98 Å². The lowest BCUT2D eigenvalue weighted by Crippen LogP contribution is -2.19. The maximum atomic E-state index is 13.9. The maximum absolute atomic E-state index is 13.9. The van der Waals surface area contributed by atoms with Crippen LogP contribution in [0.2, 0.25) is 0 Å². The first-order valence-electron chi connectivity index (χ1n) is 7.97. The summed E-state index contributed by atoms with van der Waals surface area (Å²) < 4.78 is 13.9. The summed E-state index contributed by atoms with van der Waals surface area (Å²) in [5.74, 6) is -0.690. The molecule has 7 nitrogen and oxygen atoms in total. The third-order valence-corrected chi connectivity index (χ3v) is 3.57. The molecule has 8 heteroatoms. The quantitative estimate of drug-likeness (QED) is 0.552. The van der Waals surface area contributed by atoms with E-state index >= 15 is 0 Å². The van der Waals surface area contributed by atoms with Crippen LogP contribution in [0, 0.1) is 5.82 Å². The van der Waals surface area contributed by atoms with E-state index in [0.717, 1.165) is 0 Å². The summed E-state index contributed by atoms with van der Waals surface area (Å²) in [6.45, 7) is 0. The zero-order chi connectivity index (χ0) is 19.2. The van der Waals surface area contributed by atoms with Crippen LogP contribution in [-0.4, -0.2) is 16.9 Å². The van der Waals surface area contributed by atoms with Gasteiger partial charge in [-0.05, 0) is 42.5 Å². The van der Waals surface area contributed by atoms with Gasteiger partial charge in [-0.3, -0.25) is 4.79 Å². The van der Waals surface area contributed by atoms with E-state index in [4.69, 9.17) is 5.73 Å². The molecule has 27 heavy (non-hydrogen) atoms. The van der Waals surface area contributed by atoms with E-state index in [-0.39, 0.29) is 17.1 Å². The fourth-order valence-corrected chi connectivity index (χ4v) is 2.39. The van der Waals surface area contributed by atoms with Crippen molar-refractivity contribution in [3.8, 4) is 0 Å². The standard InChI is InChI=1S/C19H16FN5O2/c20-15-8-1-2-9-16(15)25-17-14(7-4-10-22-17)18(26)23-12-5-3-6-13(11-12)24-19(21)27/h1-11H,(H,22,25)(H,23,26)(H3,21,24,27). The molecule has 1 heterocycles. The molecule has 0 spiro atoms. The highest BCUT2D eigenvalue weighted by molar-refractivity contribution is 6.08. The highest BCUT2D eigenvalue weighted by atomic mass is 19.1. The van der Waals surface area contributed by atoms with E-state index < -0.39 is 17.8 Å². The van der Waals surface area contributed by atoms with E-state index in [1.54, 1.807) is 54.6 Å². The summed E-state index contributed by atoms with van der Waals surface area (Å²) in [5.41, 5.74) is 6.42. The highest BCUT2D eigenvalue weighted by Gasteiger charge is 2.14. The van der Waals surface area contributed by atoms with Crippen molar-refractivity contribution in [2.24, 2.45) is 5.73 Å². The Balaban J connectivity index is 1.82. The Labute approximate surface area is 154 Å². The normalized spacial score (nSPS) is 10.1. The van der Waals surface area contributed by atoms with Crippen LogP contribution >= 0.6 is 0 Å². The van der Waals surface area contributed by atoms with Gasteiger partial charge in [0.25, 0.3) is 5.91 Å². The average molecular weight is 365 g/mol. The van der Waals surface area contributed by atoms with Gasteiger partial charge in [0.1, 0.15) is 11.6 Å². The Bertz CT molecular complexity index is 993. The van der Waals surface area contributed by atoms with Gasteiger partial charge in [0.2, 0.25) is 0 Å². The number of urea groups is 1. The lowest BCUT2D eigenvalue weighted by Gasteiger charge is -2.12. The molecule has 0 radical (unpaired) electrons. The number of amides is 3. The number of nitrogens with zero attached hydrogens (tertiary/aromatic N) is 1. The number of anilines is 4. The van der Waals surface area contributed by atoms with Gasteiger partial charge in [-0.15, -0.1) is 0 Å². The Morgan fingerprint density at radius 3 is 2.41 bits per heavy atom. The lowest BCUT2D eigenvalue weighted by molar-refractivity contribution is 0.102. The first-order valence-corrected chi connectivity index (χ1v) is 7.97. The van der Waals surface area contributed by atoms with Crippen LogP contribution in [0.3, 0.4) is 0 Å². The summed E-state index contributed by atoms with van der Waals surface area (Å²) in [5, 5.41) is 7.96. The molecule has 5 N–H and O–H groups in total. The molecule has 0 bridgehead atoms. The number of primary amides is 1. The van der Waals surface area contributed by atoms with Crippen molar-refractivity contribution >= 4 is 34.8 Å². The summed E-state index contributed by atoms with van der Waals surface area (Å²) in [4.78, 5) is 27.7. The number of pyridine rings is 1. The summed E-state index contributed by atoms with van der Waals surface area (Å²) in [7, 11) is 0. The van der Waals surface area contributed by atoms with Gasteiger partial charge in [0, 0.05) is 17.6 Å². The number of hydrogen-bond donors (Lipinski definition) is 4. The predicted molar refractivity (Wildman–Crippen MR) is 102 cm³/mol. The molecule has 0 atom stereocenters. The predicted octanol–water partition coefficient (Wildman–Crippen LogP) is 3.71. The zero-order valence-electron chi connectivity index (χ0n) is 14.1. The number of para-hydroxylation sites is 1. The van der Waals surface area contributed by atoms with Crippen LogP contribution in [0.15, 0.2) is 66.9 Å². The minimum Gasteiger partial charge on any atom is -0.351 e. The average Bonchev–Trinajstić information content (AvgIpc) is 2.64. The molecule has 3 rings (SSSR count). The first kappa shape index (κ1) is 17.9. The topological polar surface area (TPSA) is 109 Å². The molecular weight excluding hydrogens is 349 g/mol. The van der Waals surface area contributed by atoms with Crippen molar-refractivity contribution < 1.29 is 14.0 Å². The third-order valence-electron chi connectivity index (χ3n) is 3.57. The molecule has 0 fully saturated rings. The summed E-state index contributed by atoms with van der Waals surface area (Å²) >= 11 is 0. The minimum absolute atomic E-state index is 0.206. The smallest absolute Gasteiger partial charge is 0.316 e. The molecule has 2 aromatic carbocycles. The Morgan fingerprint density at radius 1 is 0.926 bits per heavy atom. The van der Waals surface area contributed by atoms with Crippen LogP contribution in [-0.2, 0) is 0 Å². The molecule has 0 saturated carbocycles. The van der Waals surface area contributed by atoms with Crippen molar-refractivity contribution in [1.29, 1.82) is 0 Å². The van der Waals surface area contributed by atoms with E-state index in [9.17, 15) is 14.0 Å². The summed E-state index contributed by atoms with van der Waals surface area (Å²) in [6, 6.07) is 15.1. The van der Waals surface area contributed by atoms with E-state index in [2.05, 4.69) is 20.9 Å². The minimum atomic E-state index is -0.706. The zero-order valence-corrected chi connectivity index (χ0v) is 14.1. The Kier molecular flexibility index (Phi) is 5.27. The second-order valence-electron chi connectivity index (χ2n) is 5.53. The first-order chi connectivity index (χ1) is 13.0.